The van der Waals surface area contributed by atoms with Gasteiger partial charge in [-0.1, -0.05) is 12.1 Å². The molecule has 2 rings (SSSR count). The number of hydrogen-bond acceptors (Lipinski definition) is 6. The molecule has 1 aromatic carbocycles. The second kappa shape index (κ2) is 10.0. The maximum atomic E-state index is 12.1. The Balaban J connectivity index is 1.85. The lowest BCUT2D eigenvalue weighted by molar-refractivity contribution is 0.0948. The van der Waals surface area contributed by atoms with Crippen molar-refractivity contribution < 1.29 is 17.9 Å². The molecule has 0 radical (unpaired) electrons. The molecule has 0 bridgehead atoms. The number of anilines is 1. The number of amides is 1. The van der Waals surface area contributed by atoms with Crippen molar-refractivity contribution >= 4 is 21.7 Å². The molecule has 0 saturated heterocycles. The summed E-state index contributed by atoms with van der Waals surface area (Å²) in [5.41, 5.74) is 1.49. The molecule has 4 N–H and O–H groups in total. The van der Waals surface area contributed by atoms with E-state index in [4.69, 9.17) is 9.88 Å². The number of rotatable bonds is 10. The zero-order chi connectivity index (χ0) is 19.7. The molecule has 1 heterocycles. The number of ether oxygens (including phenoxy) is 1. The maximum Gasteiger partial charge on any atom is 0.251 e. The zero-order valence-electron chi connectivity index (χ0n) is 15.1. The van der Waals surface area contributed by atoms with Gasteiger partial charge in [0.2, 0.25) is 10.0 Å². The van der Waals surface area contributed by atoms with E-state index in [0.29, 0.717) is 37.5 Å². The van der Waals surface area contributed by atoms with Crippen LogP contribution < -0.4 is 15.8 Å². The predicted octanol–water partition coefficient (Wildman–Crippen LogP) is 1.15. The number of carbonyl (C=O) groups is 1. The number of nitrogens with one attached hydrogen (secondary N) is 2. The Labute approximate surface area is 159 Å². The highest BCUT2D eigenvalue weighted by atomic mass is 32.2. The molecule has 0 saturated carbocycles. The fraction of sp³-hybridized carbons (Fsp3) is 0.333. The molecular formula is C18H24N4O4S. The number of methoxy groups -OCH3 is 1. The van der Waals surface area contributed by atoms with E-state index < -0.39 is 10.0 Å². The van der Waals surface area contributed by atoms with E-state index in [9.17, 15) is 13.2 Å². The van der Waals surface area contributed by atoms with Gasteiger partial charge in [-0.15, -0.1) is 0 Å². The lowest BCUT2D eigenvalue weighted by Crippen LogP contribution is -2.25. The van der Waals surface area contributed by atoms with Crippen molar-refractivity contribution in [2.45, 2.75) is 17.7 Å². The molecule has 1 aromatic heterocycles. The zero-order valence-corrected chi connectivity index (χ0v) is 16.0. The van der Waals surface area contributed by atoms with Gasteiger partial charge in [-0.2, -0.15) is 0 Å². The Bertz CT molecular complexity index is 854. The van der Waals surface area contributed by atoms with Crippen LogP contribution in [0.4, 0.5) is 5.82 Å². The van der Waals surface area contributed by atoms with Crippen LogP contribution in [-0.2, 0) is 21.2 Å². The molecule has 27 heavy (non-hydrogen) atoms. The van der Waals surface area contributed by atoms with Gasteiger partial charge in [-0.05, 0) is 42.7 Å². The third-order valence-corrected chi connectivity index (χ3v) is 4.73. The van der Waals surface area contributed by atoms with Gasteiger partial charge in [-0.25, -0.2) is 18.5 Å². The second-order valence-electron chi connectivity index (χ2n) is 5.90. The summed E-state index contributed by atoms with van der Waals surface area (Å²) in [5, 5.41) is 11.1. The van der Waals surface area contributed by atoms with E-state index in [1.54, 1.807) is 37.6 Å². The smallest absolute Gasteiger partial charge is 0.251 e. The summed E-state index contributed by atoms with van der Waals surface area (Å²) in [4.78, 5) is 16.4. The number of aromatic nitrogens is 1. The summed E-state index contributed by atoms with van der Waals surface area (Å²) in [7, 11) is -2.05. The molecule has 0 aliphatic carbocycles. The minimum Gasteiger partial charge on any atom is -0.385 e. The van der Waals surface area contributed by atoms with E-state index in [2.05, 4.69) is 15.6 Å². The predicted molar refractivity (Wildman–Crippen MR) is 103 cm³/mol. The number of carbonyl (C=O) groups excluding carboxylic acids is 1. The largest absolute Gasteiger partial charge is 0.385 e. The van der Waals surface area contributed by atoms with Crippen molar-refractivity contribution in [3.63, 3.8) is 0 Å². The molecule has 0 aliphatic heterocycles. The number of sulfonamides is 1. The fourth-order valence-corrected chi connectivity index (χ4v) is 2.89. The van der Waals surface area contributed by atoms with E-state index in [0.717, 1.165) is 12.0 Å². The van der Waals surface area contributed by atoms with Gasteiger partial charge in [-0.3, -0.25) is 4.79 Å². The molecule has 146 valence electrons. The van der Waals surface area contributed by atoms with Gasteiger partial charge in [0, 0.05) is 38.6 Å². The first kappa shape index (κ1) is 20.8. The Kier molecular flexibility index (Phi) is 7.71. The number of pyridine rings is 1. The van der Waals surface area contributed by atoms with Crippen molar-refractivity contribution in [3.05, 3.63) is 53.7 Å². The molecule has 0 unspecified atom stereocenters. The molecule has 0 atom stereocenters. The van der Waals surface area contributed by atoms with Crippen LogP contribution in [0.1, 0.15) is 22.3 Å². The highest BCUT2D eigenvalue weighted by Gasteiger charge is 2.08. The normalized spacial score (nSPS) is 11.2. The molecular weight excluding hydrogens is 368 g/mol. The van der Waals surface area contributed by atoms with Gasteiger partial charge >= 0.3 is 0 Å². The molecule has 8 nitrogen and oxygen atoms in total. The Morgan fingerprint density at radius 1 is 1.19 bits per heavy atom. The molecule has 0 spiro atoms. The summed E-state index contributed by atoms with van der Waals surface area (Å²) < 4.78 is 27.4. The van der Waals surface area contributed by atoms with E-state index in [-0.39, 0.29) is 10.8 Å². The molecule has 0 fully saturated rings. The first-order chi connectivity index (χ1) is 12.9. The van der Waals surface area contributed by atoms with Crippen LogP contribution in [0.25, 0.3) is 0 Å². The highest BCUT2D eigenvalue weighted by Crippen LogP contribution is 2.10. The van der Waals surface area contributed by atoms with Gasteiger partial charge in [0.1, 0.15) is 5.82 Å². The summed E-state index contributed by atoms with van der Waals surface area (Å²) in [6.45, 7) is 1.73. The van der Waals surface area contributed by atoms with Crippen molar-refractivity contribution in [2.75, 3.05) is 32.1 Å². The van der Waals surface area contributed by atoms with E-state index in [1.807, 2.05) is 0 Å². The first-order valence-corrected chi connectivity index (χ1v) is 10.0. The third kappa shape index (κ3) is 6.97. The quantitative estimate of drug-likeness (QED) is 0.521. The van der Waals surface area contributed by atoms with E-state index in [1.165, 1.54) is 12.1 Å². The van der Waals surface area contributed by atoms with Crippen LogP contribution >= 0.6 is 0 Å². The molecule has 9 heteroatoms. The number of nitrogens with zero attached hydrogens (tertiary/aromatic N) is 1. The maximum absolute atomic E-state index is 12.1. The monoisotopic (exact) mass is 392 g/mol. The SMILES string of the molecule is COCCCNC(=O)c1ccnc(NCCc2ccc(S(N)(=O)=O)cc2)c1. The average Bonchev–Trinajstić information content (AvgIpc) is 2.65. The first-order valence-electron chi connectivity index (χ1n) is 8.49. The summed E-state index contributed by atoms with van der Waals surface area (Å²) in [5.74, 6) is 0.441. The molecule has 2 aromatic rings. The van der Waals surface area contributed by atoms with Crippen LogP contribution in [0, 0.1) is 0 Å². The second-order valence-corrected chi connectivity index (χ2v) is 7.46. The number of primary sulfonamides is 1. The summed E-state index contributed by atoms with van der Waals surface area (Å²) >= 11 is 0. The van der Waals surface area contributed by atoms with Crippen molar-refractivity contribution in [1.29, 1.82) is 0 Å². The standard InChI is InChI=1S/C18H24N4O4S/c1-26-12-2-9-22-18(23)15-8-11-21-17(13-15)20-10-7-14-3-5-16(6-4-14)27(19,24)25/h3-6,8,11,13H,2,7,9-10,12H2,1H3,(H,20,21)(H,22,23)(H2,19,24,25). The lowest BCUT2D eigenvalue weighted by Gasteiger charge is -2.09. The van der Waals surface area contributed by atoms with Crippen molar-refractivity contribution in [2.24, 2.45) is 5.14 Å². The minimum absolute atomic E-state index is 0.0880. The Morgan fingerprint density at radius 3 is 2.59 bits per heavy atom. The fourth-order valence-electron chi connectivity index (χ4n) is 2.37. The lowest BCUT2D eigenvalue weighted by atomic mass is 10.1. The molecule has 0 aliphatic rings. The van der Waals surface area contributed by atoms with Crippen LogP contribution in [0.3, 0.4) is 0 Å². The van der Waals surface area contributed by atoms with Crippen LogP contribution in [0.2, 0.25) is 0 Å². The Morgan fingerprint density at radius 2 is 1.93 bits per heavy atom. The highest BCUT2D eigenvalue weighted by molar-refractivity contribution is 7.89. The van der Waals surface area contributed by atoms with Crippen LogP contribution in [0.15, 0.2) is 47.5 Å². The number of nitrogens with two attached hydrogens (primary N) is 1. The van der Waals surface area contributed by atoms with Crippen molar-refractivity contribution in [3.8, 4) is 0 Å². The summed E-state index contributed by atoms with van der Waals surface area (Å²) in [6.07, 6.45) is 3.00. The van der Waals surface area contributed by atoms with E-state index >= 15 is 0 Å². The summed E-state index contributed by atoms with van der Waals surface area (Å²) in [6, 6.07) is 9.75. The van der Waals surface area contributed by atoms with Gasteiger partial charge in [0.05, 0.1) is 4.90 Å². The third-order valence-electron chi connectivity index (χ3n) is 3.80. The average molecular weight is 392 g/mol. The van der Waals surface area contributed by atoms with Gasteiger partial charge in [0.25, 0.3) is 5.91 Å². The van der Waals surface area contributed by atoms with Gasteiger partial charge < -0.3 is 15.4 Å². The van der Waals surface area contributed by atoms with Crippen LogP contribution in [-0.4, -0.2) is 46.1 Å². The molecule has 1 amide bonds. The number of hydrogen-bond donors (Lipinski definition) is 3. The van der Waals surface area contributed by atoms with Crippen LogP contribution in [0.5, 0.6) is 0 Å². The minimum atomic E-state index is -3.68. The topological polar surface area (TPSA) is 123 Å². The van der Waals surface area contributed by atoms with Gasteiger partial charge in [0.15, 0.2) is 0 Å². The number of benzene rings is 1. The van der Waals surface area contributed by atoms with Crippen molar-refractivity contribution in [1.82, 2.24) is 10.3 Å². The Hall–Kier alpha value is -2.49.